The number of ether oxygens (including phenoxy) is 2. The number of likely N-dealkylation sites (tertiary alicyclic amines) is 1. The molecule has 6 nitrogen and oxygen atoms in total. The zero-order chi connectivity index (χ0) is 23.2. The topological polar surface area (TPSA) is 55.2 Å². The molecule has 0 unspecified atom stereocenters. The van der Waals surface area contributed by atoms with Gasteiger partial charge in [0.2, 0.25) is 0 Å². The molecule has 1 aliphatic heterocycles. The van der Waals surface area contributed by atoms with E-state index in [1.165, 1.54) is 5.56 Å². The number of amides is 1. The van der Waals surface area contributed by atoms with Gasteiger partial charge in [0.1, 0.15) is 0 Å². The van der Waals surface area contributed by atoms with Gasteiger partial charge >= 0.3 is 0 Å². The highest BCUT2D eigenvalue weighted by molar-refractivity contribution is 6.04. The Balaban J connectivity index is 1.50. The highest BCUT2D eigenvalue weighted by Crippen LogP contribution is 2.33. The number of nitrogens with zero attached hydrogens (tertiary/aromatic N) is 2. The average Bonchev–Trinajstić information content (AvgIpc) is 3.40. The number of hydrogen-bond acceptors (Lipinski definition) is 5. The van der Waals surface area contributed by atoms with Crippen molar-refractivity contribution in [3.8, 4) is 11.5 Å². The summed E-state index contributed by atoms with van der Waals surface area (Å²) in [6.45, 7) is 4.69. The number of methoxy groups -OCH3 is 2. The molecule has 0 bridgehead atoms. The molecule has 1 aliphatic rings. The SMILES string of the molecule is CCc1ccc(N(C(=O)c2ccco2)C2CCN(Cc3cccc(OC)c3OC)CC2)cc1. The molecule has 6 heteroatoms. The van der Waals surface area contributed by atoms with Crippen molar-refractivity contribution in [3.05, 3.63) is 77.7 Å². The van der Waals surface area contributed by atoms with Crippen molar-refractivity contribution in [2.24, 2.45) is 0 Å². The normalized spacial score (nSPS) is 14.8. The van der Waals surface area contributed by atoms with Gasteiger partial charge in [-0.15, -0.1) is 0 Å². The first-order chi connectivity index (χ1) is 16.1. The molecule has 1 aromatic heterocycles. The Hall–Kier alpha value is -3.25. The van der Waals surface area contributed by atoms with Crippen LogP contribution in [0.4, 0.5) is 5.69 Å². The molecule has 4 rings (SSSR count). The Morgan fingerprint density at radius 2 is 1.79 bits per heavy atom. The van der Waals surface area contributed by atoms with Crippen LogP contribution in [0.2, 0.25) is 0 Å². The lowest BCUT2D eigenvalue weighted by atomic mass is 10.0. The molecule has 0 saturated carbocycles. The number of para-hydroxylation sites is 1. The van der Waals surface area contributed by atoms with E-state index in [1.54, 1.807) is 32.6 Å². The summed E-state index contributed by atoms with van der Waals surface area (Å²) in [6, 6.07) is 17.9. The number of piperidine rings is 1. The van der Waals surface area contributed by atoms with Crippen LogP contribution >= 0.6 is 0 Å². The summed E-state index contributed by atoms with van der Waals surface area (Å²) in [5.74, 6) is 1.82. The van der Waals surface area contributed by atoms with Crippen LogP contribution in [0.1, 0.15) is 41.4 Å². The third-order valence-corrected chi connectivity index (χ3v) is 6.37. The van der Waals surface area contributed by atoms with E-state index < -0.39 is 0 Å². The maximum Gasteiger partial charge on any atom is 0.294 e. The van der Waals surface area contributed by atoms with Crippen LogP contribution in [0, 0.1) is 0 Å². The monoisotopic (exact) mass is 448 g/mol. The van der Waals surface area contributed by atoms with Crippen molar-refractivity contribution in [3.63, 3.8) is 0 Å². The highest BCUT2D eigenvalue weighted by atomic mass is 16.5. The predicted octanol–water partition coefficient (Wildman–Crippen LogP) is 5.17. The second-order valence-corrected chi connectivity index (χ2v) is 8.33. The summed E-state index contributed by atoms with van der Waals surface area (Å²) >= 11 is 0. The van der Waals surface area contributed by atoms with Crippen LogP contribution in [-0.4, -0.2) is 44.2 Å². The number of benzene rings is 2. The Morgan fingerprint density at radius 3 is 2.39 bits per heavy atom. The lowest BCUT2D eigenvalue weighted by Gasteiger charge is -2.38. The molecule has 174 valence electrons. The standard InChI is InChI=1S/C27H32N2O4/c1-4-20-10-12-22(13-11-20)29(27(30)25-9-6-18-33-25)23-14-16-28(17-15-23)19-21-7-5-8-24(31-2)26(21)32-3/h5-13,18,23H,4,14-17,19H2,1-3H3. The third kappa shape index (κ3) is 5.06. The zero-order valence-corrected chi connectivity index (χ0v) is 19.6. The fourth-order valence-electron chi connectivity index (χ4n) is 4.56. The van der Waals surface area contributed by atoms with Gasteiger partial charge < -0.3 is 18.8 Å². The summed E-state index contributed by atoms with van der Waals surface area (Å²) in [5.41, 5.74) is 3.28. The second-order valence-electron chi connectivity index (χ2n) is 8.33. The highest BCUT2D eigenvalue weighted by Gasteiger charge is 2.31. The number of aryl methyl sites for hydroxylation is 1. The van der Waals surface area contributed by atoms with Gasteiger partial charge in [0.25, 0.3) is 5.91 Å². The van der Waals surface area contributed by atoms with Crippen molar-refractivity contribution in [2.75, 3.05) is 32.2 Å². The number of carbonyl (C=O) groups excluding carboxylic acids is 1. The largest absolute Gasteiger partial charge is 0.493 e. The average molecular weight is 449 g/mol. The van der Waals surface area contributed by atoms with Crippen LogP contribution < -0.4 is 14.4 Å². The Morgan fingerprint density at radius 1 is 1.03 bits per heavy atom. The molecule has 0 aliphatic carbocycles. The quantitative estimate of drug-likeness (QED) is 0.476. The molecular weight excluding hydrogens is 416 g/mol. The summed E-state index contributed by atoms with van der Waals surface area (Å²) in [6.07, 6.45) is 4.29. The van der Waals surface area contributed by atoms with Gasteiger partial charge in [-0.25, -0.2) is 0 Å². The van der Waals surface area contributed by atoms with Crippen molar-refractivity contribution < 1.29 is 18.7 Å². The van der Waals surface area contributed by atoms with E-state index >= 15 is 0 Å². The van der Waals surface area contributed by atoms with Crippen LogP contribution in [0.15, 0.2) is 65.3 Å². The van der Waals surface area contributed by atoms with Gasteiger partial charge in [0.15, 0.2) is 17.3 Å². The summed E-state index contributed by atoms with van der Waals surface area (Å²) in [5, 5.41) is 0. The molecule has 3 aromatic rings. The van der Waals surface area contributed by atoms with E-state index in [0.29, 0.717) is 5.76 Å². The lowest BCUT2D eigenvalue weighted by Crippen LogP contribution is -2.47. The fourth-order valence-corrected chi connectivity index (χ4v) is 4.56. The summed E-state index contributed by atoms with van der Waals surface area (Å²) < 4.78 is 16.5. The summed E-state index contributed by atoms with van der Waals surface area (Å²) in [4.78, 5) is 17.7. The molecule has 2 heterocycles. The van der Waals surface area contributed by atoms with Gasteiger partial charge in [0.05, 0.1) is 20.5 Å². The first kappa shape index (κ1) is 22.9. The molecule has 1 fully saturated rings. The van der Waals surface area contributed by atoms with Crippen LogP contribution in [0.25, 0.3) is 0 Å². The van der Waals surface area contributed by atoms with E-state index in [9.17, 15) is 4.79 Å². The minimum Gasteiger partial charge on any atom is -0.493 e. The van der Waals surface area contributed by atoms with Crippen LogP contribution in [0.5, 0.6) is 11.5 Å². The molecular formula is C27H32N2O4. The first-order valence-corrected chi connectivity index (χ1v) is 11.5. The number of anilines is 1. The van der Waals surface area contributed by atoms with Gasteiger partial charge in [-0.05, 0) is 55.2 Å². The van der Waals surface area contributed by atoms with Crippen molar-refractivity contribution >= 4 is 11.6 Å². The van der Waals surface area contributed by atoms with E-state index in [-0.39, 0.29) is 11.9 Å². The Bertz CT molecular complexity index is 1040. The van der Waals surface area contributed by atoms with E-state index in [0.717, 1.165) is 61.6 Å². The molecule has 0 atom stereocenters. The minimum atomic E-state index is -0.0860. The van der Waals surface area contributed by atoms with Gasteiger partial charge in [-0.1, -0.05) is 31.2 Å². The zero-order valence-electron chi connectivity index (χ0n) is 19.6. The predicted molar refractivity (Wildman–Crippen MR) is 129 cm³/mol. The molecule has 0 N–H and O–H groups in total. The van der Waals surface area contributed by atoms with Gasteiger partial charge in [-0.2, -0.15) is 0 Å². The van der Waals surface area contributed by atoms with Gasteiger partial charge in [-0.3, -0.25) is 9.69 Å². The van der Waals surface area contributed by atoms with Crippen LogP contribution in [-0.2, 0) is 13.0 Å². The molecule has 33 heavy (non-hydrogen) atoms. The third-order valence-electron chi connectivity index (χ3n) is 6.37. The minimum absolute atomic E-state index is 0.0860. The second kappa shape index (κ2) is 10.6. The van der Waals surface area contributed by atoms with Crippen molar-refractivity contribution in [1.29, 1.82) is 0 Å². The van der Waals surface area contributed by atoms with Crippen molar-refractivity contribution in [1.82, 2.24) is 4.90 Å². The first-order valence-electron chi connectivity index (χ1n) is 11.5. The molecule has 2 aromatic carbocycles. The number of rotatable bonds is 8. The number of hydrogen-bond donors (Lipinski definition) is 0. The van der Waals surface area contributed by atoms with Crippen LogP contribution in [0.3, 0.4) is 0 Å². The fraction of sp³-hybridized carbons (Fsp3) is 0.370. The Labute approximate surface area is 195 Å². The van der Waals surface area contributed by atoms with E-state index in [4.69, 9.17) is 13.9 Å². The maximum atomic E-state index is 13.4. The number of carbonyl (C=O) groups is 1. The van der Waals surface area contributed by atoms with E-state index in [1.807, 2.05) is 29.2 Å². The van der Waals surface area contributed by atoms with Crippen molar-refractivity contribution in [2.45, 2.75) is 38.8 Å². The number of furan rings is 1. The Kier molecular flexibility index (Phi) is 7.35. The smallest absolute Gasteiger partial charge is 0.294 e. The van der Waals surface area contributed by atoms with Gasteiger partial charge in [0, 0.05) is 36.9 Å². The lowest BCUT2D eigenvalue weighted by molar-refractivity contribution is 0.0931. The van der Waals surface area contributed by atoms with E-state index in [2.05, 4.69) is 30.0 Å². The molecule has 0 spiro atoms. The molecule has 1 saturated heterocycles. The summed E-state index contributed by atoms with van der Waals surface area (Å²) in [7, 11) is 3.33. The molecule has 0 radical (unpaired) electrons. The maximum absolute atomic E-state index is 13.4. The molecule has 1 amide bonds.